The fourth-order valence-corrected chi connectivity index (χ4v) is 2.27. The quantitative estimate of drug-likeness (QED) is 0.840. The molecule has 0 spiro atoms. The van der Waals surface area contributed by atoms with Crippen LogP contribution in [0.1, 0.15) is 18.4 Å². The first-order valence-corrected chi connectivity index (χ1v) is 6.10. The number of nitrogens with one attached hydrogen (secondary N) is 1. The van der Waals surface area contributed by atoms with Gasteiger partial charge in [0.05, 0.1) is 0 Å². The van der Waals surface area contributed by atoms with E-state index < -0.39 is 0 Å². The molecule has 2 rings (SSSR count). The third-order valence-corrected chi connectivity index (χ3v) is 3.28. The number of hydrogen-bond donors (Lipinski definition) is 1. The highest BCUT2D eigenvalue weighted by atomic mass is 15.2. The highest BCUT2D eigenvalue weighted by Crippen LogP contribution is 2.17. The van der Waals surface area contributed by atoms with Crippen molar-refractivity contribution in [2.24, 2.45) is 5.92 Å². The zero-order valence-electron chi connectivity index (χ0n) is 10.2. The average Bonchev–Trinajstić information content (AvgIpc) is 2.30. The summed E-state index contributed by atoms with van der Waals surface area (Å²) in [5, 5.41) is 3.40. The molecule has 1 aliphatic rings. The van der Waals surface area contributed by atoms with E-state index in [0.717, 1.165) is 18.3 Å². The lowest BCUT2D eigenvalue weighted by molar-refractivity contribution is 0.377. The van der Waals surface area contributed by atoms with E-state index in [4.69, 9.17) is 0 Å². The minimum Gasteiger partial charge on any atom is -0.359 e. The van der Waals surface area contributed by atoms with Crippen LogP contribution >= 0.6 is 0 Å². The summed E-state index contributed by atoms with van der Waals surface area (Å²) in [5.41, 5.74) is 1.28. The lowest BCUT2D eigenvalue weighted by Crippen LogP contribution is -2.34. The molecule has 16 heavy (non-hydrogen) atoms. The summed E-state index contributed by atoms with van der Waals surface area (Å²) in [7, 11) is 2.14. The third kappa shape index (κ3) is 2.95. The SMILES string of the molecule is Cc1ccnc(N(C)CC2CCNCC2)c1. The zero-order valence-corrected chi connectivity index (χ0v) is 10.2. The Morgan fingerprint density at radius 3 is 2.88 bits per heavy atom. The summed E-state index contributed by atoms with van der Waals surface area (Å²) < 4.78 is 0. The molecule has 2 heterocycles. The Kier molecular flexibility index (Phi) is 3.78. The van der Waals surface area contributed by atoms with Crippen LogP contribution in [-0.4, -0.2) is 31.7 Å². The van der Waals surface area contributed by atoms with Crippen LogP contribution in [0.3, 0.4) is 0 Å². The van der Waals surface area contributed by atoms with Gasteiger partial charge in [-0.2, -0.15) is 0 Å². The Morgan fingerprint density at radius 2 is 2.19 bits per heavy atom. The van der Waals surface area contributed by atoms with Gasteiger partial charge in [0, 0.05) is 19.8 Å². The molecule has 1 aliphatic heterocycles. The standard InChI is InChI=1S/C13H21N3/c1-11-3-8-15-13(9-11)16(2)10-12-4-6-14-7-5-12/h3,8-9,12,14H,4-7,10H2,1-2H3. The molecule has 3 heteroatoms. The lowest BCUT2D eigenvalue weighted by atomic mass is 9.98. The van der Waals surface area contributed by atoms with E-state index in [9.17, 15) is 0 Å². The van der Waals surface area contributed by atoms with Crippen molar-refractivity contribution in [2.75, 3.05) is 31.6 Å². The molecule has 1 N–H and O–H groups in total. The second-order valence-electron chi connectivity index (χ2n) is 4.77. The number of rotatable bonds is 3. The smallest absolute Gasteiger partial charge is 0.128 e. The molecule has 0 bridgehead atoms. The van der Waals surface area contributed by atoms with Crippen LogP contribution in [-0.2, 0) is 0 Å². The molecule has 0 saturated carbocycles. The highest BCUT2D eigenvalue weighted by molar-refractivity contribution is 5.39. The van der Waals surface area contributed by atoms with Crippen molar-refractivity contribution in [1.29, 1.82) is 0 Å². The third-order valence-electron chi connectivity index (χ3n) is 3.28. The van der Waals surface area contributed by atoms with Gasteiger partial charge in [-0.25, -0.2) is 4.98 Å². The molecule has 3 nitrogen and oxygen atoms in total. The average molecular weight is 219 g/mol. The summed E-state index contributed by atoms with van der Waals surface area (Å²) in [6, 6.07) is 4.20. The van der Waals surface area contributed by atoms with Crippen LogP contribution in [0.4, 0.5) is 5.82 Å². The van der Waals surface area contributed by atoms with Crippen molar-refractivity contribution in [3.05, 3.63) is 23.9 Å². The monoisotopic (exact) mass is 219 g/mol. The van der Waals surface area contributed by atoms with Crippen molar-refractivity contribution in [1.82, 2.24) is 10.3 Å². The lowest BCUT2D eigenvalue weighted by Gasteiger charge is -2.28. The van der Waals surface area contributed by atoms with Crippen molar-refractivity contribution in [2.45, 2.75) is 19.8 Å². The molecule has 0 atom stereocenters. The van der Waals surface area contributed by atoms with Crippen LogP contribution in [0.5, 0.6) is 0 Å². The predicted molar refractivity (Wildman–Crippen MR) is 67.8 cm³/mol. The van der Waals surface area contributed by atoms with Crippen molar-refractivity contribution < 1.29 is 0 Å². The van der Waals surface area contributed by atoms with Gasteiger partial charge in [-0.15, -0.1) is 0 Å². The summed E-state index contributed by atoms with van der Waals surface area (Å²) in [4.78, 5) is 6.70. The van der Waals surface area contributed by atoms with Gasteiger partial charge in [0.1, 0.15) is 5.82 Å². The Hall–Kier alpha value is -1.09. The van der Waals surface area contributed by atoms with Gasteiger partial charge in [0.25, 0.3) is 0 Å². The normalized spacial score (nSPS) is 17.4. The number of pyridine rings is 1. The summed E-state index contributed by atoms with van der Waals surface area (Å²) in [6.45, 7) is 5.57. The maximum absolute atomic E-state index is 4.42. The first-order valence-electron chi connectivity index (χ1n) is 6.10. The molecule has 0 aliphatic carbocycles. The van der Waals surface area contributed by atoms with Gasteiger partial charge >= 0.3 is 0 Å². The van der Waals surface area contributed by atoms with E-state index in [-0.39, 0.29) is 0 Å². The second-order valence-corrected chi connectivity index (χ2v) is 4.77. The molecular weight excluding hydrogens is 198 g/mol. The summed E-state index contributed by atoms with van der Waals surface area (Å²) in [6.07, 6.45) is 4.47. The molecule has 0 radical (unpaired) electrons. The van der Waals surface area contributed by atoms with Gasteiger partial charge in [-0.3, -0.25) is 0 Å². The van der Waals surface area contributed by atoms with Gasteiger partial charge in [-0.05, 0) is 56.5 Å². The Bertz CT molecular complexity index is 332. The largest absolute Gasteiger partial charge is 0.359 e. The maximum atomic E-state index is 4.42. The van der Waals surface area contributed by atoms with E-state index in [2.05, 4.69) is 35.2 Å². The number of aryl methyl sites for hydroxylation is 1. The van der Waals surface area contributed by atoms with Crippen molar-refractivity contribution in [3.8, 4) is 0 Å². The van der Waals surface area contributed by atoms with E-state index in [1.807, 2.05) is 12.3 Å². The van der Waals surface area contributed by atoms with Crippen molar-refractivity contribution >= 4 is 5.82 Å². The maximum Gasteiger partial charge on any atom is 0.128 e. The molecule has 0 unspecified atom stereocenters. The molecule has 88 valence electrons. The van der Waals surface area contributed by atoms with Crippen LogP contribution in [0, 0.1) is 12.8 Å². The Balaban J connectivity index is 1.94. The van der Waals surface area contributed by atoms with E-state index in [1.54, 1.807) is 0 Å². The fraction of sp³-hybridized carbons (Fsp3) is 0.615. The number of hydrogen-bond acceptors (Lipinski definition) is 3. The van der Waals surface area contributed by atoms with Gasteiger partial charge < -0.3 is 10.2 Å². The highest BCUT2D eigenvalue weighted by Gasteiger charge is 2.15. The van der Waals surface area contributed by atoms with E-state index in [0.29, 0.717) is 0 Å². The zero-order chi connectivity index (χ0) is 11.4. The van der Waals surface area contributed by atoms with E-state index >= 15 is 0 Å². The number of aromatic nitrogens is 1. The predicted octanol–water partition coefficient (Wildman–Crippen LogP) is 1.83. The first-order chi connectivity index (χ1) is 7.75. The molecule has 0 amide bonds. The van der Waals surface area contributed by atoms with Crippen LogP contribution in [0.15, 0.2) is 18.3 Å². The van der Waals surface area contributed by atoms with Crippen LogP contribution in [0.25, 0.3) is 0 Å². The van der Waals surface area contributed by atoms with Crippen LogP contribution < -0.4 is 10.2 Å². The second kappa shape index (κ2) is 5.30. The number of piperidine rings is 1. The minimum atomic E-state index is 0.813. The number of anilines is 1. The molecule has 1 aromatic rings. The minimum absolute atomic E-state index is 0.813. The molecule has 1 saturated heterocycles. The van der Waals surface area contributed by atoms with E-state index in [1.165, 1.54) is 31.5 Å². The summed E-state index contributed by atoms with van der Waals surface area (Å²) in [5.74, 6) is 1.91. The summed E-state index contributed by atoms with van der Waals surface area (Å²) >= 11 is 0. The molecular formula is C13H21N3. The van der Waals surface area contributed by atoms with Gasteiger partial charge in [0.15, 0.2) is 0 Å². The Labute approximate surface area is 97.9 Å². The van der Waals surface area contributed by atoms with Crippen molar-refractivity contribution in [3.63, 3.8) is 0 Å². The van der Waals surface area contributed by atoms with Crippen LogP contribution in [0.2, 0.25) is 0 Å². The molecule has 1 fully saturated rings. The topological polar surface area (TPSA) is 28.2 Å². The first kappa shape index (κ1) is 11.4. The van der Waals surface area contributed by atoms with Gasteiger partial charge in [-0.1, -0.05) is 0 Å². The van der Waals surface area contributed by atoms with Gasteiger partial charge in [0.2, 0.25) is 0 Å². The Morgan fingerprint density at radius 1 is 1.44 bits per heavy atom. The molecule has 1 aromatic heterocycles. The fourth-order valence-electron chi connectivity index (χ4n) is 2.27. The molecule has 0 aromatic carbocycles. The number of nitrogens with zero attached hydrogens (tertiary/aromatic N) is 2.